The standard InChI is InChI=1S/C6H4F3OS/c7-6(8,9)5(10)11-3-1-2-4-11/h1-4H/q+1. The number of carbonyl (C=O) groups is 1. The predicted octanol–water partition coefficient (Wildman–Crippen LogP) is 2.64. The van der Waals surface area contributed by atoms with Crippen LogP contribution in [0, 0.1) is 0 Å². The molecule has 5 heteroatoms. The van der Waals surface area contributed by atoms with Gasteiger partial charge in [0.05, 0.1) is 10.5 Å². The van der Waals surface area contributed by atoms with Gasteiger partial charge in [-0.1, -0.05) is 0 Å². The van der Waals surface area contributed by atoms with Gasteiger partial charge in [0.25, 0.3) is 0 Å². The Hall–Kier alpha value is -0.840. The van der Waals surface area contributed by atoms with Crippen LogP contribution in [0.3, 0.4) is 0 Å². The highest BCUT2D eigenvalue weighted by Crippen LogP contribution is 2.29. The fourth-order valence-electron chi connectivity index (χ4n) is 0.563. The lowest BCUT2D eigenvalue weighted by Gasteiger charge is -1.94. The van der Waals surface area contributed by atoms with Crippen LogP contribution in [-0.2, 0) is 0 Å². The minimum Gasteiger partial charge on any atom is -0.220 e. The quantitative estimate of drug-likeness (QED) is 0.608. The number of hydrogen-bond donors (Lipinski definition) is 0. The van der Waals surface area contributed by atoms with E-state index in [0.29, 0.717) is 0 Å². The topological polar surface area (TPSA) is 17.1 Å². The van der Waals surface area contributed by atoms with E-state index in [9.17, 15) is 18.0 Å². The molecule has 1 aromatic rings. The first-order valence-corrected chi connectivity index (χ1v) is 4.05. The number of alkyl halides is 3. The maximum Gasteiger partial charge on any atom is 0.508 e. The zero-order valence-corrected chi connectivity index (χ0v) is 6.08. The predicted molar refractivity (Wildman–Crippen MR) is 35.6 cm³/mol. The SMILES string of the molecule is O=C([s+]1cccc1)C(F)(F)F. The molecule has 1 heterocycles. The maximum atomic E-state index is 11.7. The Morgan fingerprint density at radius 1 is 1.18 bits per heavy atom. The Bertz CT molecular complexity index is 249. The summed E-state index contributed by atoms with van der Waals surface area (Å²) in [5, 5.41) is 0.813. The molecule has 1 aromatic heterocycles. The van der Waals surface area contributed by atoms with Crippen molar-refractivity contribution in [2.24, 2.45) is 0 Å². The first kappa shape index (κ1) is 8.26. The summed E-state index contributed by atoms with van der Waals surface area (Å²) in [7, 11) is -1.37. The molecule has 0 aliphatic heterocycles. The van der Waals surface area contributed by atoms with E-state index in [1.54, 1.807) is 0 Å². The molecular formula is C6H4F3OS+. The second-order valence-electron chi connectivity index (χ2n) is 1.81. The average molecular weight is 181 g/mol. The third kappa shape index (κ3) is 1.80. The van der Waals surface area contributed by atoms with Crippen molar-refractivity contribution in [1.29, 1.82) is 0 Å². The third-order valence-electron chi connectivity index (χ3n) is 1.01. The van der Waals surface area contributed by atoms with Crippen LogP contribution in [0.2, 0.25) is 0 Å². The van der Waals surface area contributed by atoms with E-state index < -0.39 is 21.8 Å². The molecule has 0 bridgehead atoms. The summed E-state index contributed by atoms with van der Waals surface area (Å²) in [6, 6.07) is 2.87. The van der Waals surface area contributed by atoms with E-state index in [2.05, 4.69) is 0 Å². The summed E-state index contributed by atoms with van der Waals surface area (Å²) in [5.41, 5.74) is 0. The summed E-state index contributed by atoms with van der Waals surface area (Å²) >= 11 is 0. The normalized spacial score (nSPS) is 11.5. The van der Waals surface area contributed by atoms with Crippen molar-refractivity contribution in [1.82, 2.24) is 0 Å². The van der Waals surface area contributed by atoms with Crippen molar-refractivity contribution < 1.29 is 18.0 Å². The summed E-state index contributed by atoms with van der Waals surface area (Å²) in [5.74, 6) is 0. The van der Waals surface area contributed by atoms with Crippen LogP contribution in [0.15, 0.2) is 22.9 Å². The Morgan fingerprint density at radius 2 is 1.64 bits per heavy atom. The van der Waals surface area contributed by atoms with Gasteiger partial charge in [-0.05, 0) is 12.1 Å². The lowest BCUT2D eigenvalue weighted by molar-refractivity contribution is -0.0844. The van der Waals surface area contributed by atoms with Crippen molar-refractivity contribution in [2.45, 2.75) is 6.18 Å². The molecule has 0 saturated heterocycles. The van der Waals surface area contributed by atoms with Gasteiger partial charge in [0.1, 0.15) is 10.8 Å². The van der Waals surface area contributed by atoms with Gasteiger partial charge in [-0.15, -0.1) is 0 Å². The number of thiophene rings is 1. The monoisotopic (exact) mass is 181 g/mol. The molecule has 0 atom stereocenters. The summed E-state index contributed by atoms with van der Waals surface area (Å²) in [6.07, 6.45) is -4.71. The molecule has 0 amide bonds. The Kier molecular flexibility index (Phi) is 1.99. The minimum absolute atomic E-state index is 1.25. The second-order valence-corrected chi connectivity index (χ2v) is 3.47. The van der Waals surface area contributed by atoms with Gasteiger partial charge in [0.2, 0.25) is 0 Å². The molecule has 0 N–H and O–H groups in total. The van der Waals surface area contributed by atoms with Gasteiger partial charge in [0.15, 0.2) is 0 Å². The van der Waals surface area contributed by atoms with Crippen molar-refractivity contribution >= 4 is 15.6 Å². The molecule has 0 unspecified atom stereocenters. The fourth-order valence-corrected chi connectivity index (χ4v) is 1.69. The molecule has 0 aliphatic carbocycles. The highest BCUT2D eigenvalue weighted by atomic mass is 32.2. The second kappa shape index (κ2) is 2.65. The summed E-state index contributed by atoms with van der Waals surface area (Å²) in [4.78, 5) is 10.5. The lowest BCUT2D eigenvalue weighted by Crippen LogP contribution is -2.18. The number of carbonyl (C=O) groups excluding carboxylic acids is 1. The van der Waals surface area contributed by atoms with Gasteiger partial charge in [0, 0.05) is 0 Å². The minimum atomic E-state index is -4.71. The molecular weight excluding hydrogens is 177 g/mol. The van der Waals surface area contributed by atoms with E-state index in [-0.39, 0.29) is 0 Å². The van der Waals surface area contributed by atoms with Crippen LogP contribution in [0.4, 0.5) is 13.2 Å². The van der Waals surface area contributed by atoms with Gasteiger partial charge >= 0.3 is 11.3 Å². The van der Waals surface area contributed by atoms with E-state index in [1.165, 1.54) is 22.9 Å². The Labute approximate surface area is 63.4 Å². The zero-order valence-electron chi connectivity index (χ0n) is 5.26. The zero-order chi connectivity index (χ0) is 8.48. The van der Waals surface area contributed by atoms with Gasteiger partial charge < -0.3 is 0 Å². The Morgan fingerprint density at radius 3 is 2.00 bits per heavy atom. The third-order valence-corrected chi connectivity index (χ3v) is 2.57. The molecule has 1 nitrogen and oxygen atoms in total. The number of hydrogen-bond acceptors (Lipinski definition) is 1. The van der Waals surface area contributed by atoms with Crippen LogP contribution >= 0.6 is 10.5 Å². The summed E-state index contributed by atoms with van der Waals surface area (Å²) in [6.45, 7) is 0. The van der Waals surface area contributed by atoms with Crippen molar-refractivity contribution in [3.8, 4) is 0 Å². The van der Waals surface area contributed by atoms with Crippen molar-refractivity contribution in [3.05, 3.63) is 22.9 Å². The van der Waals surface area contributed by atoms with E-state index in [4.69, 9.17) is 0 Å². The first-order chi connectivity index (χ1) is 5.02. The van der Waals surface area contributed by atoms with Crippen molar-refractivity contribution in [2.75, 3.05) is 0 Å². The van der Waals surface area contributed by atoms with Gasteiger partial charge in [-0.3, -0.25) is 0 Å². The molecule has 60 valence electrons. The molecule has 0 aromatic carbocycles. The van der Waals surface area contributed by atoms with E-state index in [0.717, 1.165) is 0 Å². The lowest BCUT2D eigenvalue weighted by atomic mass is 10.7. The molecule has 0 aliphatic rings. The average Bonchev–Trinajstić information content (AvgIpc) is 2.34. The highest BCUT2D eigenvalue weighted by Gasteiger charge is 2.47. The van der Waals surface area contributed by atoms with Gasteiger partial charge in [-0.2, -0.15) is 13.2 Å². The smallest absolute Gasteiger partial charge is 0.220 e. The molecule has 11 heavy (non-hydrogen) atoms. The number of halogens is 3. The summed E-state index contributed by atoms with van der Waals surface area (Å²) < 4.78 is 35.1. The number of rotatable bonds is 1. The van der Waals surface area contributed by atoms with Gasteiger partial charge in [-0.25, -0.2) is 4.79 Å². The van der Waals surface area contributed by atoms with E-state index >= 15 is 0 Å². The highest BCUT2D eigenvalue weighted by molar-refractivity contribution is 7.49. The van der Waals surface area contributed by atoms with Crippen LogP contribution in [0.25, 0.3) is 0 Å². The Balaban J connectivity index is 2.88. The van der Waals surface area contributed by atoms with Crippen LogP contribution < -0.4 is 0 Å². The maximum absolute atomic E-state index is 11.7. The fraction of sp³-hybridized carbons (Fsp3) is 0.167. The van der Waals surface area contributed by atoms with E-state index in [1.807, 2.05) is 0 Å². The molecule has 0 fully saturated rings. The van der Waals surface area contributed by atoms with Crippen LogP contribution in [-0.4, -0.2) is 11.3 Å². The molecule has 0 saturated carbocycles. The van der Waals surface area contributed by atoms with Crippen LogP contribution in [0.1, 0.15) is 4.79 Å². The molecule has 0 spiro atoms. The van der Waals surface area contributed by atoms with Crippen molar-refractivity contribution in [3.63, 3.8) is 0 Å². The van der Waals surface area contributed by atoms with Crippen LogP contribution in [0.5, 0.6) is 0 Å². The molecule has 1 rings (SSSR count). The molecule has 0 radical (unpaired) electrons. The first-order valence-electron chi connectivity index (χ1n) is 2.70. The largest absolute Gasteiger partial charge is 0.508 e.